The summed E-state index contributed by atoms with van der Waals surface area (Å²) in [5, 5.41) is 3.06. The highest BCUT2D eigenvalue weighted by Crippen LogP contribution is 2.19. The van der Waals surface area contributed by atoms with Crippen LogP contribution in [0.15, 0.2) is 0 Å². The van der Waals surface area contributed by atoms with Crippen LogP contribution in [0.3, 0.4) is 0 Å². The molecule has 0 aliphatic carbocycles. The molecule has 0 saturated carbocycles. The molecule has 5 nitrogen and oxygen atoms in total. The van der Waals surface area contributed by atoms with Gasteiger partial charge in [0.2, 0.25) is 11.8 Å². The molecule has 0 spiro atoms. The number of carbonyl (C=O) groups is 2. The first-order chi connectivity index (χ1) is 9.86. The number of hydrogen-bond acceptors (Lipinski definition) is 3. The van der Waals surface area contributed by atoms with E-state index in [0.717, 1.165) is 32.2 Å². The molecule has 0 radical (unpaired) electrons. The summed E-state index contributed by atoms with van der Waals surface area (Å²) >= 11 is 0. The Balaban J connectivity index is 0.00000441. The number of carbonyl (C=O) groups excluding carboxylic acids is 2. The third-order valence-electron chi connectivity index (χ3n) is 4.39. The van der Waals surface area contributed by atoms with Crippen molar-refractivity contribution >= 4 is 24.2 Å². The Bertz CT molecular complexity index is 363. The lowest BCUT2D eigenvalue weighted by Crippen LogP contribution is -2.50. The normalized spacial score (nSPS) is 22.2. The van der Waals surface area contributed by atoms with Crippen molar-refractivity contribution in [2.24, 2.45) is 17.6 Å². The smallest absolute Gasteiger partial charge is 0.226 e. The van der Waals surface area contributed by atoms with Gasteiger partial charge in [-0.15, -0.1) is 12.4 Å². The Morgan fingerprint density at radius 3 is 2.50 bits per heavy atom. The van der Waals surface area contributed by atoms with Gasteiger partial charge in [0.25, 0.3) is 0 Å². The summed E-state index contributed by atoms with van der Waals surface area (Å²) in [5.41, 5.74) is 5.81. The molecule has 22 heavy (non-hydrogen) atoms. The maximum Gasteiger partial charge on any atom is 0.226 e. The summed E-state index contributed by atoms with van der Waals surface area (Å²) in [6, 6.07) is 0.0489. The fourth-order valence-electron chi connectivity index (χ4n) is 2.77. The number of hydrogen-bond donors (Lipinski definition) is 2. The second-order valence-corrected chi connectivity index (χ2v) is 6.47. The van der Waals surface area contributed by atoms with Crippen LogP contribution in [-0.4, -0.2) is 41.9 Å². The van der Waals surface area contributed by atoms with Gasteiger partial charge in [-0.05, 0) is 33.1 Å². The van der Waals surface area contributed by atoms with Crippen molar-refractivity contribution in [3.63, 3.8) is 0 Å². The summed E-state index contributed by atoms with van der Waals surface area (Å²) in [5.74, 6) is -0.112. The molecule has 1 aliphatic heterocycles. The fourth-order valence-corrected chi connectivity index (χ4v) is 2.77. The standard InChI is InChI=1S/C16H31N3O2.ClH/c1-5-7-11(2)18-15(20)14-8-6-9-19(10-14)16(21)12(3)13(4)17;/h11-14H,5-10,17H2,1-4H3,(H,18,20);1H. The van der Waals surface area contributed by atoms with Crippen LogP contribution in [0.2, 0.25) is 0 Å². The van der Waals surface area contributed by atoms with Crippen molar-refractivity contribution in [1.29, 1.82) is 0 Å². The van der Waals surface area contributed by atoms with Crippen LogP contribution in [0.4, 0.5) is 0 Å². The number of rotatable bonds is 6. The predicted octanol–water partition coefficient (Wildman–Crippen LogP) is 1.93. The van der Waals surface area contributed by atoms with E-state index in [9.17, 15) is 9.59 Å². The van der Waals surface area contributed by atoms with Gasteiger partial charge in [0.1, 0.15) is 0 Å². The molecule has 1 aliphatic rings. The maximum absolute atomic E-state index is 12.3. The van der Waals surface area contributed by atoms with Gasteiger partial charge in [-0.2, -0.15) is 0 Å². The predicted molar refractivity (Wildman–Crippen MR) is 91.9 cm³/mol. The highest BCUT2D eigenvalue weighted by Gasteiger charge is 2.31. The SMILES string of the molecule is CCCC(C)NC(=O)C1CCCN(C(=O)C(C)C(C)N)C1.Cl. The molecule has 2 amide bonds. The minimum atomic E-state index is -0.189. The van der Waals surface area contributed by atoms with Crippen LogP contribution in [0, 0.1) is 11.8 Å². The molecule has 1 saturated heterocycles. The zero-order chi connectivity index (χ0) is 16.0. The van der Waals surface area contributed by atoms with Crippen molar-refractivity contribution in [2.75, 3.05) is 13.1 Å². The summed E-state index contributed by atoms with van der Waals surface area (Å²) in [6.07, 6.45) is 3.80. The Kier molecular flexibility index (Phi) is 9.69. The largest absolute Gasteiger partial charge is 0.353 e. The molecule has 1 heterocycles. The van der Waals surface area contributed by atoms with Gasteiger partial charge in [0.05, 0.1) is 11.8 Å². The van der Waals surface area contributed by atoms with E-state index in [4.69, 9.17) is 5.73 Å². The van der Waals surface area contributed by atoms with E-state index in [0.29, 0.717) is 6.54 Å². The van der Waals surface area contributed by atoms with E-state index in [2.05, 4.69) is 12.2 Å². The lowest BCUT2D eigenvalue weighted by atomic mass is 9.94. The van der Waals surface area contributed by atoms with Gasteiger partial charge in [0, 0.05) is 25.2 Å². The molecule has 0 aromatic carbocycles. The molecule has 4 atom stereocenters. The lowest BCUT2D eigenvalue weighted by Gasteiger charge is -2.34. The number of nitrogens with two attached hydrogens (primary N) is 1. The van der Waals surface area contributed by atoms with Crippen molar-refractivity contribution in [3.8, 4) is 0 Å². The second-order valence-electron chi connectivity index (χ2n) is 6.47. The second kappa shape index (κ2) is 10.1. The summed E-state index contributed by atoms with van der Waals surface area (Å²) < 4.78 is 0. The molecule has 0 bridgehead atoms. The summed E-state index contributed by atoms with van der Waals surface area (Å²) in [4.78, 5) is 26.4. The molecular weight excluding hydrogens is 302 g/mol. The number of halogens is 1. The van der Waals surface area contributed by atoms with Crippen molar-refractivity contribution in [2.45, 2.75) is 65.5 Å². The first-order valence-electron chi connectivity index (χ1n) is 8.21. The Morgan fingerprint density at radius 1 is 1.32 bits per heavy atom. The highest BCUT2D eigenvalue weighted by molar-refractivity contribution is 5.85. The van der Waals surface area contributed by atoms with E-state index in [1.807, 2.05) is 25.7 Å². The average molecular weight is 334 g/mol. The number of likely N-dealkylation sites (tertiary alicyclic amines) is 1. The van der Waals surface area contributed by atoms with Crippen LogP contribution in [0.1, 0.15) is 53.4 Å². The van der Waals surface area contributed by atoms with E-state index >= 15 is 0 Å². The van der Waals surface area contributed by atoms with Gasteiger partial charge < -0.3 is 16.0 Å². The molecule has 0 aromatic rings. The molecule has 130 valence electrons. The molecular formula is C16H32ClN3O2. The van der Waals surface area contributed by atoms with Gasteiger partial charge in [-0.1, -0.05) is 20.3 Å². The van der Waals surface area contributed by atoms with Gasteiger partial charge in [-0.3, -0.25) is 9.59 Å². The highest BCUT2D eigenvalue weighted by atomic mass is 35.5. The van der Waals surface area contributed by atoms with Gasteiger partial charge in [0.15, 0.2) is 0 Å². The number of nitrogens with one attached hydrogen (secondary N) is 1. The Labute approximate surface area is 140 Å². The van der Waals surface area contributed by atoms with Crippen LogP contribution in [0.5, 0.6) is 0 Å². The molecule has 0 aromatic heterocycles. The van der Waals surface area contributed by atoms with E-state index in [1.165, 1.54) is 0 Å². The van der Waals surface area contributed by atoms with Crippen LogP contribution < -0.4 is 11.1 Å². The fraction of sp³-hybridized carbons (Fsp3) is 0.875. The van der Waals surface area contributed by atoms with Gasteiger partial charge >= 0.3 is 0 Å². The first kappa shape index (κ1) is 21.2. The monoisotopic (exact) mass is 333 g/mol. The third-order valence-corrected chi connectivity index (χ3v) is 4.39. The zero-order valence-corrected chi connectivity index (χ0v) is 15.1. The van der Waals surface area contributed by atoms with E-state index in [-0.39, 0.29) is 48.1 Å². The topological polar surface area (TPSA) is 75.4 Å². The van der Waals surface area contributed by atoms with Crippen molar-refractivity contribution < 1.29 is 9.59 Å². The average Bonchev–Trinajstić information content (AvgIpc) is 2.45. The van der Waals surface area contributed by atoms with Crippen molar-refractivity contribution in [3.05, 3.63) is 0 Å². The van der Waals surface area contributed by atoms with Crippen LogP contribution in [0.25, 0.3) is 0 Å². The van der Waals surface area contributed by atoms with Crippen molar-refractivity contribution in [1.82, 2.24) is 10.2 Å². The summed E-state index contributed by atoms with van der Waals surface area (Å²) in [6.45, 7) is 9.12. The molecule has 3 N–H and O–H groups in total. The first-order valence-corrected chi connectivity index (χ1v) is 8.21. The zero-order valence-electron chi connectivity index (χ0n) is 14.3. The molecule has 6 heteroatoms. The molecule has 4 unspecified atom stereocenters. The van der Waals surface area contributed by atoms with E-state index in [1.54, 1.807) is 0 Å². The summed E-state index contributed by atoms with van der Waals surface area (Å²) in [7, 11) is 0. The molecule has 1 fully saturated rings. The number of nitrogens with zero attached hydrogens (tertiary/aromatic N) is 1. The number of amides is 2. The van der Waals surface area contributed by atoms with E-state index < -0.39 is 0 Å². The van der Waals surface area contributed by atoms with Crippen LogP contribution in [-0.2, 0) is 9.59 Å². The quantitative estimate of drug-likeness (QED) is 0.780. The minimum Gasteiger partial charge on any atom is -0.353 e. The molecule has 1 rings (SSSR count). The minimum absolute atomic E-state index is 0. The lowest BCUT2D eigenvalue weighted by molar-refractivity contribution is -0.139. The maximum atomic E-state index is 12.3. The van der Waals surface area contributed by atoms with Gasteiger partial charge in [-0.25, -0.2) is 0 Å². The Hall–Kier alpha value is -0.810. The van der Waals surface area contributed by atoms with Crippen LogP contribution >= 0.6 is 12.4 Å². The number of piperidine rings is 1. The Morgan fingerprint density at radius 2 is 1.95 bits per heavy atom. The third kappa shape index (κ3) is 6.13.